The minimum atomic E-state index is -1.67. The van der Waals surface area contributed by atoms with Crippen LogP contribution in [-0.4, -0.2) is 29.5 Å². The van der Waals surface area contributed by atoms with Crippen LogP contribution in [-0.2, 0) is 0 Å². The lowest BCUT2D eigenvalue weighted by molar-refractivity contribution is 0.481. The molecule has 0 aromatic carbocycles. The van der Waals surface area contributed by atoms with Gasteiger partial charge in [-0.15, -0.1) is 0 Å². The number of nitrogens with one attached hydrogen (secondary N) is 1. The molecule has 7 heavy (non-hydrogen) atoms. The summed E-state index contributed by atoms with van der Waals surface area (Å²) in [5.74, 6) is 0. The van der Waals surface area contributed by atoms with Crippen molar-refractivity contribution in [1.82, 2.24) is 5.32 Å². The normalized spacial score (nSPS) is 10.3. The van der Waals surface area contributed by atoms with Gasteiger partial charge in [-0.3, -0.25) is 0 Å². The maximum absolute atomic E-state index is 8.26. The molecule has 0 aromatic rings. The highest BCUT2D eigenvalue weighted by Gasteiger charge is 1.92. The first-order valence-electron chi connectivity index (χ1n) is 2.07. The summed E-state index contributed by atoms with van der Waals surface area (Å²) < 4.78 is 0. The molecular formula is C3H10NO2P. The molecule has 0 fully saturated rings. The standard InChI is InChI=1S/C3H10NO2P/c1-4-2-3-7(5)6/h4-6H,2-3H2,1H3. The van der Waals surface area contributed by atoms with Crippen molar-refractivity contribution in [2.75, 3.05) is 19.8 Å². The van der Waals surface area contributed by atoms with Crippen molar-refractivity contribution in [3.05, 3.63) is 0 Å². The Morgan fingerprint density at radius 3 is 2.29 bits per heavy atom. The molecule has 44 valence electrons. The van der Waals surface area contributed by atoms with E-state index in [1.807, 2.05) is 0 Å². The third-order valence-corrected chi connectivity index (χ3v) is 1.19. The highest BCUT2D eigenvalue weighted by atomic mass is 31.2. The van der Waals surface area contributed by atoms with Crippen LogP contribution < -0.4 is 5.32 Å². The molecule has 0 spiro atoms. The van der Waals surface area contributed by atoms with Gasteiger partial charge in [0.1, 0.15) is 0 Å². The SMILES string of the molecule is CNCCP(O)O. The molecule has 0 aromatic heterocycles. The molecule has 0 aliphatic carbocycles. The second kappa shape index (κ2) is 4.47. The lowest BCUT2D eigenvalue weighted by atomic mass is 10.8. The Morgan fingerprint density at radius 1 is 1.57 bits per heavy atom. The fourth-order valence-corrected chi connectivity index (χ4v) is 0.635. The molecule has 0 atom stereocenters. The highest BCUT2D eigenvalue weighted by Crippen LogP contribution is 2.20. The van der Waals surface area contributed by atoms with Crippen LogP contribution in [0.3, 0.4) is 0 Å². The van der Waals surface area contributed by atoms with Gasteiger partial charge in [-0.1, -0.05) is 0 Å². The topological polar surface area (TPSA) is 52.5 Å². The van der Waals surface area contributed by atoms with Crippen LogP contribution in [0.15, 0.2) is 0 Å². The molecule has 0 unspecified atom stereocenters. The van der Waals surface area contributed by atoms with Gasteiger partial charge >= 0.3 is 0 Å². The first-order chi connectivity index (χ1) is 3.27. The largest absolute Gasteiger partial charge is 0.350 e. The van der Waals surface area contributed by atoms with Gasteiger partial charge in [-0.05, 0) is 7.05 Å². The number of hydrogen-bond acceptors (Lipinski definition) is 3. The molecule has 0 aliphatic heterocycles. The Morgan fingerprint density at radius 2 is 2.14 bits per heavy atom. The summed E-state index contributed by atoms with van der Waals surface area (Å²) in [5.41, 5.74) is 0. The molecule has 0 heterocycles. The van der Waals surface area contributed by atoms with E-state index in [1.54, 1.807) is 7.05 Å². The maximum atomic E-state index is 8.26. The average Bonchev–Trinajstić information content (AvgIpc) is 1.61. The van der Waals surface area contributed by atoms with Crippen LogP contribution in [0.1, 0.15) is 0 Å². The summed E-state index contributed by atoms with van der Waals surface area (Å²) in [4.78, 5) is 16.5. The lowest BCUT2D eigenvalue weighted by Gasteiger charge is -1.97. The van der Waals surface area contributed by atoms with Crippen molar-refractivity contribution in [2.45, 2.75) is 0 Å². The van der Waals surface area contributed by atoms with Gasteiger partial charge in [0.2, 0.25) is 0 Å². The maximum Gasteiger partial charge on any atom is 0.166 e. The summed E-state index contributed by atoms with van der Waals surface area (Å²) in [6, 6.07) is 0. The Balaban J connectivity index is 2.68. The summed E-state index contributed by atoms with van der Waals surface area (Å²) in [6.07, 6.45) is 0.464. The number of rotatable bonds is 3. The monoisotopic (exact) mass is 123 g/mol. The molecule has 3 N–H and O–H groups in total. The van der Waals surface area contributed by atoms with Crippen LogP contribution in [0.5, 0.6) is 0 Å². The van der Waals surface area contributed by atoms with E-state index in [0.29, 0.717) is 12.7 Å². The minimum Gasteiger partial charge on any atom is -0.350 e. The Hall–Kier alpha value is 0.310. The Labute approximate surface area is 44.3 Å². The molecule has 0 aliphatic rings. The van der Waals surface area contributed by atoms with E-state index in [1.165, 1.54) is 0 Å². The van der Waals surface area contributed by atoms with Crippen LogP contribution in [0.25, 0.3) is 0 Å². The zero-order chi connectivity index (χ0) is 5.70. The van der Waals surface area contributed by atoms with Gasteiger partial charge in [0.15, 0.2) is 8.38 Å². The Bertz CT molecular complexity index is 41.9. The molecule has 0 saturated carbocycles. The van der Waals surface area contributed by atoms with E-state index in [9.17, 15) is 0 Å². The smallest absolute Gasteiger partial charge is 0.166 e. The second-order valence-electron chi connectivity index (χ2n) is 1.20. The summed E-state index contributed by atoms with van der Waals surface area (Å²) in [5, 5.41) is 2.80. The van der Waals surface area contributed by atoms with Gasteiger partial charge in [0.25, 0.3) is 0 Å². The van der Waals surface area contributed by atoms with Gasteiger partial charge < -0.3 is 15.1 Å². The first-order valence-corrected chi connectivity index (χ1v) is 3.50. The molecule has 4 heteroatoms. The molecule has 0 amide bonds. The van der Waals surface area contributed by atoms with Crippen molar-refractivity contribution < 1.29 is 9.79 Å². The summed E-state index contributed by atoms with van der Waals surface area (Å²) >= 11 is 0. The van der Waals surface area contributed by atoms with Gasteiger partial charge in [-0.2, -0.15) is 0 Å². The minimum absolute atomic E-state index is 0.464. The van der Waals surface area contributed by atoms with Crippen molar-refractivity contribution in [3.8, 4) is 0 Å². The molecule has 0 saturated heterocycles. The van der Waals surface area contributed by atoms with Crippen molar-refractivity contribution in [2.24, 2.45) is 0 Å². The van der Waals surface area contributed by atoms with Gasteiger partial charge in [0, 0.05) is 12.7 Å². The van der Waals surface area contributed by atoms with Gasteiger partial charge in [-0.25, -0.2) is 0 Å². The molecule has 0 rings (SSSR count). The molecular weight excluding hydrogens is 113 g/mol. The zero-order valence-corrected chi connectivity index (χ0v) is 5.15. The summed E-state index contributed by atoms with van der Waals surface area (Å²) in [6.45, 7) is 0.679. The van der Waals surface area contributed by atoms with E-state index in [4.69, 9.17) is 9.79 Å². The van der Waals surface area contributed by atoms with Crippen LogP contribution in [0.4, 0.5) is 0 Å². The van der Waals surface area contributed by atoms with E-state index in [2.05, 4.69) is 5.32 Å². The van der Waals surface area contributed by atoms with E-state index in [-0.39, 0.29) is 0 Å². The zero-order valence-electron chi connectivity index (χ0n) is 4.26. The number of hydrogen-bond donors (Lipinski definition) is 3. The lowest BCUT2D eigenvalue weighted by Crippen LogP contribution is -2.10. The predicted octanol–water partition coefficient (Wildman–Crippen LogP) is -0.498. The van der Waals surface area contributed by atoms with Crippen molar-refractivity contribution in [1.29, 1.82) is 0 Å². The van der Waals surface area contributed by atoms with Crippen molar-refractivity contribution in [3.63, 3.8) is 0 Å². The van der Waals surface area contributed by atoms with E-state index in [0.717, 1.165) is 0 Å². The quantitative estimate of drug-likeness (QED) is 0.443. The first kappa shape index (κ1) is 7.31. The third kappa shape index (κ3) is 6.31. The average molecular weight is 123 g/mol. The van der Waals surface area contributed by atoms with Crippen LogP contribution in [0, 0.1) is 0 Å². The Kier molecular flexibility index (Phi) is 4.67. The van der Waals surface area contributed by atoms with E-state index < -0.39 is 8.38 Å². The van der Waals surface area contributed by atoms with Crippen LogP contribution >= 0.6 is 8.38 Å². The highest BCUT2D eigenvalue weighted by molar-refractivity contribution is 7.45. The predicted molar refractivity (Wildman–Crippen MR) is 30.2 cm³/mol. The van der Waals surface area contributed by atoms with Crippen molar-refractivity contribution >= 4 is 8.38 Å². The third-order valence-electron chi connectivity index (χ3n) is 0.562. The van der Waals surface area contributed by atoms with E-state index >= 15 is 0 Å². The molecule has 0 radical (unpaired) electrons. The second-order valence-corrected chi connectivity index (χ2v) is 2.39. The summed E-state index contributed by atoms with van der Waals surface area (Å²) in [7, 11) is 0.108. The fraction of sp³-hybridized carbons (Fsp3) is 1.00. The fourth-order valence-electron chi connectivity index (χ4n) is 0.212. The molecule has 0 bridgehead atoms. The van der Waals surface area contributed by atoms with Gasteiger partial charge in [0.05, 0.1) is 0 Å². The molecule has 3 nitrogen and oxygen atoms in total. The van der Waals surface area contributed by atoms with Crippen LogP contribution in [0.2, 0.25) is 0 Å².